The van der Waals surface area contributed by atoms with Crippen molar-refractivity contribution in [2.45, 2.75) is 51.7 Å². The molecule has 0 aromatic carbocycles. The highest BCUT2D eigenvalue weighted by molar-refractivity contribution is 5.18. The average molecular weight is 197 g/mol. The second kappa shape index (κ2) is 2.73. The fraction of sp³-hybridized carbons (Fsp3) is 1.00. The SMILES string of the molecule is CNCC1CC12CC(C)(C)OC2(C)C. The van der Waals surface area contributed by atoms with Gasteiger partial charge in [-0.3, -0.25) is 0 Å². The van der Waals surface area contributed by atoms with Crippen LogP contribution >= 0.6 is 0 Å². The summed E-state index contributed by atoms with van der Waals surface area (Å²) in [4.78, 5) is 0. The van der Waals surface area contributed by atoms with Crippen LogP contribution in [0.1, 0.15) is 40.5 Å². The maximum atomic E-state index is 6.16. The highest BCUT2D eigenvalue weighted by atomic mass is 16.5. The zero-order valence-corrected chi connectivity index (χ0v) is 10.1. The minimum atomic E-state index is 0.0675. The third-order valence-electron chi connectivity index (χ3n) is 4.15. The van der Waals surface area contributed by atoms with E-state index in [0.29, 0.717) is 5.41 Å². The summed E-state index contributed by atoms with van der Waals surface area (Å²) < 4.78 is 6.16. The van der Waals surface area contributed by atoms with E-state index in [4.69, 9.17) is 4.74 Å². The zero-order chi connectivity index (χ0) is 10.6. The minimum absolute atomic E-state index is 0.0675. The molecule has 2 atom stereocenters. The lowest BCUT2D eigenvalue weighted by Gasteiger charge is -2.28. The van der Waals surface area contributed by atoms with Crippen LogP contribution in [0.5, 0.6) is 0 Å². The van der Waals surface area contributed by atoms with Crippen molar-refractivity contribution in [3.63, 3.8) is 0 Å². The Morgan fingerprint density at radius 3 is 2.36 bits per heavy atom. The van der Waals surface area contributed by atoms with Gasteiger partial charge in [-0.25, -0.2) is 0 Å². The van der Waals surface area contributed by atoms with Crippen LogP contribution in [0.4, 0.5) is 0 Å². The molecule has 0 amide bonds. The van der Waals surface area contributed by atoms with E-state index in [1.165, 1.54) is 12.8 Å². The van der Waals surface area contributed by atoms with Gasteiger partial charge in [0, 0.05) is 5.41 Å². The number of ether oxygens (including phenoxy) is 1. The zero-order valence-electron chi connectivity index (χ0n) is 10.1. The van der Waals surface area contributed by atoms with Crippen molar-refractivity contribution in [3.8, 4) is 0 Å². The highest BCUT2D eigenvalue weighted by Gasteiger charge is 2.69. The van der Waals surface area contributed by atoms with Crippen LogP contribution in [0.2, 0.25) is 0 Å². The highest BCUT2D eigenvalue weighted by Crippen LogP contribution is 2.69. The summed E-state index contributed by atoms with van der Waals surface area (Å²) in [6, 6.07) is 0. The van der Waals surface area contributed by atoms with E-state index < -0.39 is 0 Å². The van der Waals surface area contributed by atoms with Gasteiger partial charge in [-0.15, -0.1) is 0 Å². The molecule has 14 heavy (non-hydrogen) atoms. The largest absolute Gasteiger partial charge is 0.369 e. The summed E-state index contributed by atoms with van der Waals surface area (Å²) >= 11 is 0. The van der Waals surface area contributed by atoms with Crippen LogP contribution in [-0.4, -0.2) is 24.8 Å². The normalized spacial score (nSPS) is 43.1. The molecule has 0 aromatic rings. The Hall–Kier alpha value is -0.0800. The van der Waals surface area contributed by atoms with Gasteiger partial charge in [-0.1, -0.05) is 0 Å². The predicted octanol–water partition coefficient (Wildman–Crippen LogP) is 2.19. The molecular weight excluding hydrogens is 174 g/mol. The molecule has 1 heterocycles. The molecule has 1 aliphatic heterocycles. The summed E-state index contributed by atoms with van der Waals surface area (Å²) in [5, 5.41) is 3.29. The van der Waals surface area contributed by atoms with Gasteiger partial charge in [-0.2, -0.15) is 0 Å². The topological polar surface area (TPSA) is 21.3 Å². The molecule has 1 aliphatic carbocycles. The molecule has 82 valence electrons. The molecule has 0 radical (unpaired) electrons. The summed E-state index contributed by atoms with van der Waals surface area (Å²) in [5.74, 6) is 0.823. The second-order valence-corrected chi connectivity index (χ2v) is 6.16. The lowest BCUT2D eigenvalue weighted by Crippen LogP contribution is -2.32. The lowest BCUT2D eigenvalue weighted by atomic mass is 9.82. The van der Waals surface area contributed by atoms with Gasteiger partial charge in [0.15, 0.2) is 0 Å². The van der Waals surface area contributed by atoms with Gasteiger partial charge in [0.2, 0.25) is 0 Å². The van der Waals surface area contributed by atoms with E-state index >= 15 is 0 Å². The van der Waals surface area contributed by atoms with Crippen molar-refractivity contribution < 1.29 is 4.74 Å². The molecule has 2 fully saturated rings. The number of hydrogen-bond acceptors (Lipinski definition) is 2. The Morgan fingerprint density at radius 1 is 1.29 bits per heavy atom. The molecule has 1 saturated heterocycles. The summed E-state index contributed by atoms with van der Waals surface area (Å²) in [5.41, 5.74) is 0.601. The molecule has 1 saturated carbocycles. The summed E-state index contributed by atoms with van der Waals surface area (Å²) in [6.45, 7) is 10.1. The van der Waals surface area contributed by atoms with E-state index in [1.54, 1.807) is 0 Å². The standard InChI is InChI=1S/C12H23NO/c1-10(2)8-12(11(3,4)14-10)6-9(12)7-13-5/h9,13H,6-8H2,1-5H3. The number of hydrogen-bond donors (Lipinski definition) is 1. The first-order valence-electron chi connectivity index (χ1n) is 5.68. The molecule has 2 unspecified atom stereocenters. The van der Waals surface area contributed by atoms with Crippen LogP contribution in [0, 0.1) is 11.3 Å². The maximum Gasteiger partial charge on any atom is 0.0694 e. The van der Waals surface area contributed by atoms with Gasteiger partial charge in [0.05, 0.1) is 11.2 Å². The van der Waals surface area contributed by atoms with Crippen molar-refractivity contribution in [2.75, 3.05) is 13.6 Å². The predicted molar refractivity (Wildman–Crippen MR) is 58.3 cm³/mol. The van der Waals surface area contributed by atoms with E-state index in [1.807, 2.05) is 7.05 Å². The van der Waals surface area contributed by atoms with Crippen LogP contribution in [0.3, 0.4) is 0 Å². The van der Waals surface area contributed by atoms with Gasteiger partial charge < -0.3 is 10.1 Å². The van der Waals surface area contributed by atoms with E-state index in [2.05, 4.69) is 33.0 Å². The summed E-state index contributed by atoms with van der Waals surface area (Å²) in [6.07, 6.45) is 2.56. The van der Waals surface area contributed by atoms with Crippen molar-refractivity contribution in [1.29, 1.82) is 0 Å². The van der Waals surface area contributed by atoms with E-state index in [-0.39, 0.29) is 11.2 Å². The Labute approximate surface area is 87.4 Å². The van der Waals surface area contributed by atoms with Gasteiger partial charge in [0.25, 0.3) is 0 Å². The van der Waals surface area contributed by atoms with Crippen LogP contribution in [-0.2, 0) is 4.74 Å². The van der Waals surface area contributed by atoms with Crippen LogP contribution in [0.15, 0.2) is 0 Å². The first-order valence-corrected chi connectivity index (χ1v) is 5.68. The van der Waals surface area contributed by atoms with Gasteiger partial charge in [-0.05, 0) is 60.0 Å². The molecule has 0 bridgehead atoms. The van der Waals surface area contributed by atoms with Gasteiger partial charge in [0.1, 0.15) is 0 Å². The monoisotopic (exact) mass is 197 g/mol. The van der Waals surface area contributed by atoms with Crippen molar-refractivity contribution in [3.05, 3.63) is 0 Å². The Bertz CT molecular complexity index is 247. The molecule has 0 aromatic heterocycles. The molecule has 2 rings (SSSR count). The van der Waals surface area contributed by atoms with E-state index in [9.17, 15) is 0 Å². The molecule has 2 nitrogen and oxygen atoms in total. The van der Waals surface area contributed by atoms with Crippen molar-refractivity contribution in [1.82, 2.24) is 5.32 Å². The Kier molecular flexibility index (Phi) is 2.04. The maximum absolute atomic E-state index is 6.16. The average Bonchev–Trinajstić information content (AvgIpc) is 2.56. The quantitative estimate of drug-likeness (QED) is 0.732. The molecule has 1 spiro atoms. The fourth-order valence-electron chi connectivity index (χ4n) is 3.65. The first kappa shape index (κ1) is 10.4. The lowest BCUT2D eigenvalue weighted by molar-refractivity contribution is -0.0798. The molecule has 1 N–H and O–H groups in total. The smallest absolute Gasteiger partial charge is 0.0694 e. The number of rotatable bonds is 2. The molecule has 2 aliphatic rings. The van der Waals surface area contributed by atoms with E-state index in [0.717, 1.165) is 12.5 Å². The molecule has 2 heteroatoms. The fourth-order valence-corrected chi connectivity index (χ4v) is 3.65. The molecular formula is C12H23NO. The third kappa shape index (κ3) is 1.31. The minimum Gasteiger partial charge on any atom is -0.369 e. The third-order valence-corrected chi connectivity index (χ3v) is 4.15. The number of nitrogens with one attached hydrogen (secondary N) is 1. The van der Waals surface area contributed by atoms with Crippen molar-refractivity contribution in [2.24, 2.45) is 11.3 Å². The summed E-state index contributed by atoms with van der Waals surface area (Å²) in [7, 11) is 2.04. The second-order valence-electron chi connectivity index (χ2n) is 6.16. The van der Waals surface area contributed by atoms with Crippen LogP contribution in [0.25, 0.3) is 0 Å². The van der Waals surface area contributed by atoms with Crippen molar-refractivity contribution >= 4 is 0 Å². The Morgan fingerprint density at radius 2 is 1.93 bits per heavy atom. The first-order chi connectivity index (χ1) is 6.33. The van der Waals surface area contributed by atoms with Gasteiger partial charge >= 0.3 is 0 Å². The Balaban J connectivity index is 2.14. The van der Waals surface area contributed by atoms with Crippen LogP contribution < -0.4 is 5.32 Å².